The van der Waals surface area contributed by atoms with Crippen LogP contribution in [0.2, 0.25) is 0 Å². The smallest absolute Gasteiger partial charge is 0.0852 e. The monoisotopic (exact) mass is 281 g/mol. The van der Waals surface area contributed by atoms with E-state index >= 15 is 0 Å². The van der Waals surface area contributed by atoms with Gasteiger partial charge in [0.25, 0.3) is 0 Å². The molecule has 0 saturated carbocycles. The van der Waals surface area contributed by atoms with E-state index in [1.807, 2.05) is 0 Å². The first kappa shape index (κ1) is 14.8. The predicted molar refractivity (Wildman–Crippen MR) is 82.0 cm³/mol. The molecule has 2 unspecified atom stereocenters. The fourth-order valence-electron chi connectivity index (χ4n) is 4.00. The SMILES string of the molecule is CC(C1CNCCO1)N1CCC(CN2CCCC2)CC1. The summed E-state index contributed by atoms with van der Waals surface area (Å²) in [5.74, 6) is 0.932. The normalized spacial score (nSPS) is 32.5. The quantitative estimate of drug-likeness (QED) is 0.837. The second kappa shape index (κ2) is 7.21. The van der Waals surface area contributed by atoms with Crippen LogP contribution >= 0.6 is 0 Å². The van der Waals surface area contributed by atoms with Crippen LogP contribution < -0.4 is 5.32 Å². The summed E-state index contributed by atoms with van der Waals surface area (Å²) in [6.45, 7) is 11.8. The second-order valence-electron chi connectivity index (χ2n) is 6.84. The highest BCUT2D eigenvalue weighted by molar-refractivity contribution is 4.85. The molecule has 3 aliphatic rings. The molecule has 0 spiro atoms. The molecular weight excluding hydrogens is 250 g/mol. The van der Waals surface area contributed by atoms with Gasteiger partial charge in [0, 0.05) is 25.7 Å². The van der Waals surface area contributed by atoms with Crippen molar-refractivity contribution in [2.45, 2.75) is 44.8 Å². The molecular formula is C16H31N3O. The largest absolute Gasteiger partial charge is 0.374 e. The van der Waals surface area contributed by atoms with Gasteiger partial charge in [-0.15, -0.1) is 0 Å². The summed E-state index contributed by atoms with van der Waals surface area (Å²) in [4.78, 5) is 5.33. The Bertz CT molecular complexity index is 279. The first-order valence-electron chi connectivity index (χ1n) is 8.61. The maximum atomic E-state index is 5.92. The average molecular weight is 281 g/mol. The number of likely N-dealkylation sites (tertiary alicyclic amines) is 2. The number of nitrogens with one attached hydrogen (secondary N) is 1. The van der Waals surface area contributed by atoms with Crippen molar-refractivity contribution >= 4 is 0 Å². The highest BCUT2D eigenvalue weighted by atomic mass is 16.5. The Balaban J connectivity index is 1.40. The van der Waals surface area contributed by atoms with Gasteiger partial charge < -0.3 is 15.0 Å². The third kappa shape index (κ3) is 3.73. The Kier molecular flexibility index (Phi) is 5.32. The van der Waals surface area contributed by atoms with Crippen molar-refractivity contribution in [1.29, 1.82) is 0 Å². The molecule has 0 amide bonds. The highest BCUT2D eigenvalue weighted by Crippen LogP contribution is 2.23. The van der Waals surface area contributed by atoms with Gasteiger partial charge in [0.05, 0.1) is 12.7 Å². The molecule has 2 atom stereocenters. The number of piperidine rings is 1. The highest BCUT2D eigenvalue weighted by Gasteiger charge is 2.30. The summed E-state index contributed by atoms with van der Waals surface area (Å²) < 4.78 is 5.92. The molecule has 3 fully saturated rings. The van der Waals surface area contributed by atoms with Gasteiger partial charge in [0.2, 0.25) is 0 Å². The summed E-state index contributed by atoms with van der Waals surface area (Å²) in [5.41, 5.74) is 0. The van der Waals surface area contributed by atoms with E-state index in [0.717, 1.165) is 25.6 Å². The fourth-order valence-corrected chi connectivity index (χ4v) is 4.00. The lowest BCUT2D eigenvalue weighted by molar-refractivity contribution is -0.0344. The van der Waals surface area contributed by atoms with Crippen LogP contribution in [0.1, 0.15) is 32.6 Å². The van der Waals surface area contributed by atoms with Gasteiger partial charge in [0.15, 0.2) is 0 Å². The van der Waals surface area contributed by atoms with Gasteiger partial charge in [-0.25, -0.2) is 0 Å². The van der Waals surface area contributed by atoms with Crippen LogP contribution in [0, 0.1) is 5.92 Å². The van der Waals surface area contributed by atoms with Crippen LogP contribution in [0.4, 0.5) is 0 Å². The molecule has 0 aliphatic carbocycles. The molecule has 0 aromatic heterocycles. The van der Waals surface area contributed by atoms with E-state index in [1.54, 1.807) is 0 Å². The molecule has 116 valence electrons. The summed E-state index contributed by atoms with van der Waals surface area (Å²) in [6.07, 6.45) is 5.98. The molecule has 4 heteroatoms. The number of hydrogen-bond donors (Lipinski definition) is 1. The molecule has 20 heavy (non-hydrogen) atoms. The fraction of sp³-hybridized carbons (Fsp3) is 1.00. The van der Waals surface area contributed by atoms with Gasteiger partial charge in [-0.3, -0.25) is 4.90 Å². The van der Waals surface area contributed by atoms with E-state index in [2.05, 4.69) is 22.0 Å². The van der Waals surface area contributed by atoms with Crippen molar-refractivity contribution in [3.05, 3.63) is 0 Å². The van der Waals surface area contributed by atoms with Gasteiger partial charge in [-0.05, 0) is 64.7 Å². The average Bonchev–Trinajstić information content (AvgIpc) is 3.01. The summed E-state index contributed by atoms with van der Waals surface area (Å²) >= 11 is 0. The summed E-state index contributed by atoms with van der Waals surface area (Å²) in [7, 11) is 0. The van der Waals surface area contributed by atoms with E-state index in [4.69, 9.17) is 4.74 Å². The lowest BCUT2D eigenvalue weighted by Gasteiger charge is -2.41. The minimum atomic E-state index is 0.388. The Morgan fingerprint density at radius 1 is 1.15 bits per heavy atom. The standard InChI is InChI=1S/C16H31N3O/c1-14(16-12-17-6-11-20-16)19-9-4-15(5-10-19)13-18-7-2-3-8-18/h14-17H,2-13H2,1H3. The molecule has 3 saturated heterocycles. The molecule has 4 nitrogen and oxygen atoms in total. The van der Waals surface area contributed by atoms with Crippen molar-refractivity contribution in [2.75, 3.05) is 52.4 Å². The zero-order chi connectivity index (χ0) is 13.8. The van der Waals surface area contributed by atoms with Gasteiger partial charge >= 0.3 is 0 Å². The lowest BCUT2D eigenvalue weighted by Crippen LogP contribution is -2.53. The van der Waals surface area contributed by atoms with Crippen LogP contribution in [-0.4, -0.2) is 74.4 Å². The molecule has 3 heterocycles. The molecule has 0 aromatic rings. The minimum absolute atomic E-state index is 0.388. The minimum Gasteiger partial charge on any atom is -0.374 e. The Hall–Kier alpha value is -0.160. The zero-order valence-electron chi connectivity index (χ0n) is 13.0. The first-order valence-corrected chi connectivity index (χ1v) is 8.61. The van der Waals surface area contributed by atoms with E-state index in [9.17, 15) is 0 Å². The topological polar surface area (TPSA) is 27.7 Å². The molecule has 0 radical (unpaired) electrons. The third-order valence-electron chi connectivity index (χ3n) is 5.43. The summed E-state index contributed by atoms with van der Waals surface area (Å²) in [6, 6.07) is 0.565. The number of nitrogens with zero attached hydrogens (tertiary/aromatic N) is 2. The molecule has 3 aliphatic heterocycles. The second-order valence-corrected chi connectivity index (χ2v) is 6.84. The van der Waals surface area contributed by atoms with Crippen molar-refractivity contribution < 1.29 is 4.74 Å². The van der Waals surface area contributed by atoms with Crippen molar-refractivity contribution in [3.63, 3.8) is 0 Å². The van der Waals surface area contributed by atoms with Gasteiger partial charge in [-0.2, -0.15) is 0 Å². The Labute approximate surface area is 123 Å². The number of rotatable bonds is 4. The molecule has 0 bridgehead atoms. The third-order valence-corrected chi connectivity index (χ3v) is 5.43. The van der Waals surface area contributed by atoms with Crippen LogP contribution in [0.3, 0.4) is 0 Å². The maximum absolute atomic E-state index is 5.92. The Morgan fingerprint density at radius 3 is 2.55 bits per heavy atom. The first-order chi connectivity index (χ1) is 9.83. The van der Waals surface area contributed by atoms with Crippen molar-refractivity contribution in [1.82, 2.24) is 15.1 Å². The molecule has 3 rings (SSSR count). The van der Waals surface area contributed by atoms with E-state index in [1.165, 1.54) is 58.4 Å². The Morgan fingerprint density at radius 2 is 1.90 bits per heavy atom. The zero-order valence-corrected chi connectivity index (χ0v) is 13.0. The van der Waals surface area contributed by atoms with Crippen LogP contribution in [0.5, 0.6) is 0 Å². The maximum Gasteiger partial charge on any atom is 0.0852 e. The van der Waals surface area contributed by atoms with Crippen LogP contribution in [0.25, 0.3) is 0 Å². The van der Waals surface area contributed by atoms with E-state index < -0.39 is 0 Å². The number of hydrogen-bond acceptors (Lipinski definition) is 4. The van der Waals surface area contributed by atoms with Crippen LogP contribution in [0.15, 0.2) is 0 Å². The van der Waals surface area contributed by atoms with Crippen molar-refractivity contribution in [3.8, 4) is 0 Å². The van der Waals surface area contributed by atoms with E-state index in [-0.39, 0.29) is 0 Å². The molecule has 1 N–H and O–H groups in total. The molecule has 0 aromatic carbocycles. The van der Waals surface area contributed by atoms with Crippen LogP contribution in [-0.2, 0) is 4.74 Å². The van der Waals surface area contributed by atoms with Crippen molar-refractivity contribution in [2.24, 2.45) is 5.92 Å². The number of morpholine rings is 1. The lowest BCUT2D eigenvalue weighted by atomic mass is 9.94. The van der Waals surface area contributed by atoms with E-state index in [0.29, 0.717) is 12.1 Å². The predicted octanol–water partition coefficient (Wildman–Crippen LogP) is 1.17. The summed E-state index contributed by atoms with van der Waals surface area (Å²) in [5, 5.41) is 3.45. The number of ether oxygens (including phenoxy) is 1. The van der Waals surface area contributed by atoms with Gasteiger partial charge in [0.1, 0.15) is 0 Å². The van der Waals surface area contributed by atoms with Gasteiger partial charge in [-0.1, -0.05) is 0 Å².